The molecule has 0 radical (unpaired) electrons. The van der Waals surface area contributed by atoms with Crippen molar-refractivity contribution in [1.29, 1.82) is 0 Å². The average molecular weight is 317 g/mol. The van der Waals surface area contributed by atoms with Crippen LogP contribution in [0.2, 0.25) is 0 Å². The van der Waals surface area contributed by atoms with Crippen molar-refractivity contribution in [1.82, 2.24) is 20.2 Å². The van der Waals surface area contributed by atoms with Crippen molar-refractivity contribution in [2.24, 2.45) is 5.84 Å². The lowest BCUT2D eigenvalue weighted by molar-refractivity contribution is 0.0952. The number of ether oxygens (including phenoxy) is 1. The van der Waals surface area contributed by atoms with E-state index in [0.717, 1.165) is 16.0 Å². The molecular weight excluding hydrogens is 302 g/mol. The largest absolute Gasteiger partial charge is 0.497 e. The number of fused-ring (bicyclic) bond motifs is 1. The van der Waals surface area contributed by atoms with E-state index in [4.69, 9.17) is 10.6 Å². The van der Waals surface area contributed by atoms with Crippen LogP contribution in [0.5, 0.6) is 5.75 Å². The molecule has 1 amide bonds. The number of carbonyl (C=O) groups is 1. The zero-order chi connectivity index (χ0) is 15.9. The number of carbonyl (C=O) groups excluding carboxylic acids is 1. The summed E-state index contributed by atoms with van der Waals surface area (Å²) in [6, 6.07) is 5.68. The Kier molecular flexibility index (Phi) is 3.55. The molecule has 2 heterocycles. The third-order valence-electron chi connectivity index (χ3n) is 3.41. The molecule has 0 aliphatic rings. The quantitative estimate of drug-likeness (QED) is 0.435. The highest BCUT2D eigenvalue weighted by Crippen LogP contribution is 2.29. The van der Waals surface area contributed by atoms with E-state index in [2.05, 4.69) is 15.5 Å². The van der Waals surface area contributed by atoms with Crippen molar-refractivity contribution >= 4 is 27.5 Å². The second-order valence-electron chi connectivity index (χ2n) is 4.76. The van der Waals surface area contributed by atoms with Gasteiger partial charge in [0.2, 0.25) is 5.13 Å². The molecule has 0 saturated carbocycles. The Morgan fingerprint density at radius 2 is 2.18 bits per heavy atom. The number of nitrogens with two attached hydrogens (primary N) is 1. The zero-order valence-electron chi connectivity index (χ0n) is 12.4. The number of rotatable bonds is 3. The van der Waals surface area contributed by atoms with E-state index in [1.54, 1.807) is 18.7 Å². The Bertz CT molecular complexity index is 868. The summed E-state index contributed by atoms with van der Waals surface area (Å²) >= 11 is 1.48. The van der Waals surface area contributed by atoms with Crippen LogP contribution in [-0.2, 0) is 0 Å². The highest BCUT2D eigenvalue weighted by molar-refractivity contribution is 7.20. The Morgan fingerprint density at radius 3 is 2.86 bits per heavy atom. The molecule has 7 nitrogen and oxygen atoms in total. The third kappa shape index (κ3) is 2.22. The van der Waals surface area contributed by atoms with Gasteiger partial charge in [-0.25, -0.2) is 15.5 Å². The fourth-order valence-electron chi connectivity index (χ4n) is 2.34. The molecule has 3 rings (SSSR count). The normalized spacial score (nSPS) is 10.9. The number of aryl methyl sites for hydroxylation is 1. The molecule has 3 aromatic rings. The summed E-state index contributed by atoms with van der Waals surface area (Å²) in [7, 11) is 1.63. The minimum Gasteiger partial charge on any atom is -0.497 e. The van der Waals surface area contributed by atoms with E-state index in [1.165, 1.54) is 11.3 Å². The maximum atomic E-state index is 11.8. The molecule has 114 valence electrons. The van der Waals surface area contributed by atoms with Gasteiger partial charge in [-0.3, -0.25) is 10.2 Å². The van der Waals surface area contributed by atoms with Crippen LogP contribution < -0.4 is 16.0 Å². The SMILES string of the molecule is COc1ccc2nc(-n3nc(C)c(C(=O)NN)c3C)sc2c1. The molecule has 0 aliphatic heterocycles. The standard InChI is InChI=1S/C14H15N5O2S/c1-7-12(13(20)17-15)8(2)19(18-7)14-16-10-5-4-9(21-3)6-11(10)22-14/h4-6H,15H2,1-3H3,(H,17,20). The lowest BCUT2D eigenvalue weighted by atomic mass is 10.2. The Balaban J connectivity index is 2.13. The van der Waals surface area contributed by atoms with Crippen LogP contribution >= 0.6 is 11.3 Å². The van der Waals surface area contributed by atoms with Crippen molar-refractivity contribution in [3.8, 4) is 10.9 Å². The maximum absolute atomic E-state index is 11.8. The Hall–Kier alpha value is -2.45. The number of methoxy groups -OCH3 is 1. The highest BCUT2D eigenvalue weighted by atomic mass is 32.1. The smallest absolute Gasteiger partial charge is 0.268 e. The number of nitrogen functional groups attached to an aromatic ring is 1. The molecule has 3 N–H and O–H groups in total. The van der Waals surface area contributed by atoms with E-state index < -0.39 is 0 Å². The number of hydrazine groups is 1. The molecule has 2 aromatic heterocycles. The lowest BCUT2D eigenvalue weighted by Gasteiger charge is -2.00. The van der Waals surface area contributed by atoms with Crippen molar-refractivity contribution < 1.29 is 9.53 Å². The number of aromatic nitrogens is 3. The molecule has 0 aliphatic carbocycles. The van der Waals surface area contributed by atoms with Crippen molar-refractivity contribution in [3.05, 3.63) is 35.2 Å². The van der Waals surface area contributed by atoms with Crippen molar-refractivity contribution in [2.75, 3.05) is 7.11 Å². The molecule has 22 heavy (non-hydrogen) atoms. The van der Waals surface area contributed by atoms with Crippen LogP contribution in [0.3, 0.4) is 0 Å². The van der Waals surface area contributed by atoms with Gasteiger partial charge in [-0.1, -0.05) is 11.3 Å². The molecule has 0 bridgehead atoms. The molecule has 0 atom stereocenters. The van der Waals surface area contributed by atoms with Gasteiger partial charge < -0.3 is 4.74 Å². The van der Waals surface area contributed by atoms with Crippen LogP contribution in [0.25, 0.3) is 15.3 Å². The highest BCUT2D eigenvalue weighted by Gasteiger charge is 2.20. The topological polar surface area (TPSA) is 95.1 Å². The molecular formula is C14H15N5O2S. The number of benzene rings is 1. The van der Waals surface area contributed by atoms with E-state index in [9.17, 15) is 4.79 Å². The zero-order valence-corrected chi connectivity index (χ0v) is 13.2. The number of amides is 1. The van der Waals surface area contributed by atoms with Gasteiger partial charge in [-0.2, -0.15) is 5.10 Å². The van der Waals surface area contributed by atoms with E-state index in [-0.39, 0.29) is 5.91 Å². The lowest BCUT2D eigenvalue weighted by Crippen LogP contribution is -2.30. The first-order valence-corrected chi connectivity index (χ1v) is 7.39. The molecule has 0 fully saturated rings. The van der Waals surface area contributed by atoms with Gasteiger partial charge in [-0.15, -0.1) is 0 Å². The maximum Gasteiger partial charge on any atom is 0.268 e. The average Bonchev–Trinajstić information content (AvgIpc) is 3.06. The van der Waals surface area contributed by atoms with E-state index in [0.29, 0.717) is 22.1 Å². The first kappa shape index (κ1) is 14.5. The first-order valence-electron chi connectivity index (χ1n) is 6.57. The molecule has 0 saturated heterocycles. The summed E-state index contributed by atoms with van der Waals surface area (Å²) < 4.78 is 7.88. The molecule has 0 unspecified atom stereocenters. The van der Waals surface area contributed by atoms with Crippen LogP contribution in [0.1, 0.15) is 21.7 Å². The number of hydrogen-bond donors (Lipinski definition) is 2. The van der Waals surface area contributed by atoms with Crippen LogP contribution in [-0.4, -0.2) is 27.8 Å². The van der Waals surface area contributed by atoms with Crippen LogP contribution in [0.15, 0.2) is 18.2 Å². The van der Waals surface area contributed by atoms with Gasteiger partial charge in [0.25, 0.3) is 5.91 Å². The fraction of sp³-hybridized carbons (Fsp3) is 0.214. The number of nitrogens with one attached hydrogen (secondary N) is 1. The molecule has 1 aromatic carbocycles. The summed E-state index contributed by atoms with van der Waals surface area (Å²) in [5.74, 6) is 5.64. The number of hydrogen-bond acceptors (Lipinski definition) is 6. The third-order valence-corrected chi connectivity index (χ3v) is 4.41. The summed E-state index contributed by atoms with van der Waals surface area (Å²) in [4.78, 5) is 16.4. The number of nitrogens with zero attached hydrogens (tertiary/aromatic N) is 3. The van der Waals surface area contributed by atoms with Crippen molar-refractivity contribution in [2.45, 2.75) is 13.8 Å². The van der Waals surface area contributed by atoms with Gasteiger partial charge in [0, 0.05) is 0 Å². The predicted octanol–water partition coefficient (Wildman–Crippen LogP) is 1.71. The van der Waals surface area contributed by atoms with E-state index >= 15 is 0 Å². The van der Waals surface area contributed by atoms with Crippen LogP contribution in [0.4, 0.5) is 0 Å². The minimum absolute atomic E-state index is 0.357. The predicted molar refractivity (Wildman–Crippen MR) is 84.4 cm³/mol. The molecule has 0 spiro atoms. The summed E-state index contributed by atoms with van der Waals surface area (Å²) in [6.45, 7) is 3.58. The van der Waals surface area contributed by atoms with Gasteiger partial charge in [0.15, 0.2) is 0 Å². The Morgan fingerprint density at radius 1 is 1.41 bits per heavy atom. The summed E-state index contributed by atoms with van der Waals surface area (Å²) in [5, 5.41) is 5.10. The van der Waals surface area contributed by atoms with Crippen molar-refractivity contribution in [3.63, 3.8) is 0 Å². The van der Waals surface area contributed by atoms with E-state index in [1.807, 2.05) is 25.1 Å². The van der Waals surface area contributed by atoms with Gasteiger partial charge in [0.1, 0.15) is 5.75 Å². The van der Waals surface area contributed by atoms with Gasteiger partial charge in [-0.05, 0) is 32.0 Å². The Labute approximate surface area is 130 Å². The number of thiazole rings is 1. The summed E-state index contributed by atoms with van der Waals surface area (Å²) in [6.07, 6.45) is 0. The fourth-order valence-corrected chi connectivity index (χ4v) is 3.34. The molecule has 8 heteroatoms. The second-order valence-corrected chi connectivity index (χ2v) is 5.77. The van der Waals surface area contributed by atoms with Gasteiger partial charge >= 0.3 is 0 Å². The van der Waals surface area contributed by atoms with Crippen LogP contribution in [0, 0.1) is 13.8 Å². The first-order chi connectivity index (χ1) is 10.5. The second kappa shape index (κ2) is 5.39. The minimum atomic E-state index is -0.357. The van der Waals surface area contributed by atoms with Gasteiger partial charge in [0.05, 0.1) is 34.3 Å². The summed E-state index contributed by atoms with van der Waals surface area (Å²) in [5.41, 5.74) is 4.78. The monoisotopic (exact) mass is 317 g/mol.